The minimum absolute atomic E-state index is 0.318. The number of aromatic nitrogens is 4. The molecule has 1 saturated heterocycles. The summed E-state index contributed by atoms with van der Waals surface area (Å²) in [6.07, 6.45) is 2.48. The van der Waals surface area contributed by atoms with Crippen molar-refractivity contribution < 1.29 is 12.8 Å². The Kier molecular flexibility index (Phi) is 6.24. The number of halogens is 1. The number of benzene rings is 2. The first-order valence-corrected chi connectivity index (χ1v) is 13.4. The fourth-order valence-corrected chi connectivity index (χ4v) is 5.37. The molecule has 3 heterocycles. The first-order chi connectivity index (χ1) is 16.8. The zero-order valence-electron chi connectivity index (χ0n) is 19.7. The van der Waals surface area contributed by atoms with E-state index in [2.05, 4.69) is 4.90 Å². The molecule has 10 heteroatoms. The Morgan fingerprint density at radius 2 is 1.69 bits per heavy atom. The molecule has 2 aromatic carbocycles. The molecule has 0 N–H and O–H groups in total. The van der Waals surface area contributed by atoms with Gasteiger partial charge in [-0.1, -0.05) is 30.3 Å². The largest absolute Gasteiger partial charge is 0.355 e. The van der Waals surface area contributed by atoms with Gasteiger partial charge >= 0.3 is 0 Å². The number of fused-ring (bicyclic) bond motifs is 1. The molecule has 4 aromatic rings. The van der Waals surface area contributed by atoms with Crippen LogP contribution in [0.5, 0.6) is 0 Å². The SMILES string of the molecule is Cc1nn(-c2ccc(F)cc2)c2nc(Cc3ccccc3)nc(N3CCCN(S(C)(=O)=O)CC3)c12. The lowest BCUT2D eigenvalue weighted by Crippen LogP contribution is -2.34. The summed E-state index contributed by atoms with van der Waals surface area (Å²) in [5, 5.41) is 5.55. The molecule has 8 nitrogen and oxygen atoms in total. The number of rotatable bonds is 5. The molecule has 0 saturated carbocycles. The summed E-state index contributed by atoms with van der Waals surface area (Å²) in [5.41, 5.74) is 3.20. The van der Waals surface area contributed by atoms with Crippen LogP contribution in [0, 0.1) is 12.7 Å². The van der Waals surface area contributed by atoms with Gasteiger partial charge in [-0.25, -0.2) is 31.8 Å². The van der Waals surface area contributed by atoms with Crippen LogP contribution in [0.25, 0.3) is 16.7 Å². The summed E-state index contributed by atoms with van der Waals surface area (Å²) in [4.78, 5) is 12.0. The monoisotopic (exact) mass is 494 g/mol. The van der Waals surface area contributed by atoms with E-state index in [-0.39, 0.29) is 5.82 Å². The maximum Gasteiger partial charge on any atom is 0.211 e. The second kappa shape index (κ2) is 9.35. The molecule has 0 spiro atoms. The molecule has 0 atom stereocenters. The topological polar surface area (TPSA) is 84.2 Å². The van der Waals surface area contributed by atoms with Gasteiger partial charge in [0, 0.05) is 32.6 Å². The number of sulfonamides is 1. The maximum atomic E-state index is 13.6. The highest BCUT2D eigenvalue weighted by molar-refractivity contribution is 7.88. The van der Waals surface area contributed by atoms with E-state index in [1.54, 1.807) is 16.8 Å². The summed E-state index contributed by atoms with van der Waals surface area (Å²) < 4.78 is 41.1. The van der Waals surface area contributed by atoms with Gasteiger partial charge in [-0.2, -0.15) is 5.10 Å². The average molecular weight is 495 g/mol. The second-order valence-electron chi connectivity index (χ2n) is 8.80. The highest BCUT2D eigenvalue weighted by Gasteiger charge is 2.26. The molecule has 0 bridgehead atoms. The van der Waals surface area contributed by atoms with E-state index in [1.165, 1.54) is 22.7 Å². The third-order valence-corrected chi connectivity index (χ3v) is 7.53. The Hall–Kier alpha value is -3.37. The fourth-order valence-electron chi connectivity index (χ4n) is 4.49. The number of aryl methyl sites for hydroxylation is 1. The Bertz CT molecular complexity index is 1460. The number of hydrogen-bond acceptors (Lipinski definition) is 6. The van der Waals surface area contributed by atoms with Gasteiger partial charge in [-0.15, -0.1) is 0 Å². The standard InChI is InChI=1S/C25H27FN6O2S/c1-18-23-24(30-13-6-14-31(16-15-30)35(2,33)34)27-22(17-19-7-4-3-5-8-19)28-25(23)32(29-18)21-11-9-20(26)10-12-21/h3-5,7-12H,6,13-17H2,1-2H3. The van der Waals surface area contributed by atoms with Crippen molar-refractivity contribution in [3.05, 3.63) is 77.5 Å². The second-order valence-corrected chi connectivity index (χ2v) is 10.8. The van der Waals surface area contributed by atoms with Gasteiger partial charge in [0.2, 0.25) is 10.0 Å². The smallest absolute Gasteiger partial charge is 0.211 e. The van der Waals surface area contributed by atoms with Crippen molar-refractivity contribution in [3.63, 3.8) is 0 Å². The fraction of sp³-hybridized carbons (Fsp3) is 0.320. The molecule has 35 heavy (non-hydrogen) atoms. The lowest BCUT2D eigenvalue weighted by Gasteiger charge is -2.23. The van der Waals surface area contributed by atoms with Gasteiger partial charge in [0.15, 0.2) is 5.65 Å². The summed E-state index contributed by atoms with van der Waals surface area (Å²) in [6, 6.07) is 16.2. The molecule has 182 valence electrons. The van der Waals surface area contributed by atoms with Crippen LogP contribution in [-0.2, 0) is 16.4 Å². The lowest BCUT2D eigenvalue weighted by atomic mass is 10.1. The van der Waals surface area contributed by atoms with E-state index in [0.29, 0.717) is 56.2 Å². The molecule has 1 aliphatic rings. The van der Waals surface area contributed by atoms with Gasteiger partial charge in [0.1, 0.15) is 17.5 Å². The third kappa shape index (κ3) is 4.89. The van der Waals surface area contributed by atoms with Crippen LogP contribution in [0.3, 0.4) is 0 Å². The van der Waals surface area contributed by atoms with E-state index in [4.69, 9.17) is 15.1 Å². The number of nitrogens with zero attached hydrogens (tertiary/aromatic N) is 6. The molecule has 1 aliphatic heterocycles. The molecule has 0 aliphatic carbocycles. The minimum Gasteiger partial charge on any atom is -0.355 e. The van der Waals surface area contributed by atoms with Crippen molar-refractivity contribution in [3.8, 4) is 5.69 Å². The van der Waals surface area contributed by atoms with Gasteiger partial charge < -0.3 is 4.90 Å². The van der Waals surface area contributed by atoms with E-state index >= 15 is 0 Å². The van der Waals surface area contributed by atoms with Crippen LogP contribution in [0.1, 0.15) is 23.5 Å². The van der Waals surface area contributed by atoms with Crippen molar-refractivity contribution in [2.24, 2.45) is 0 Å². The maximum absolute atomic E-state index is 13.6. The Labute approximate surface area is 204 Å². The summed E-state index contributed by atoms with van der Waals surface area (Å²) in [5.74, 6) is 1.08. The zero-order chi connectivity index (χ0) is 24.6. The predicted molar refractivity (Wildman–Crippen MR) is 134 cm³/mol. The first-order valence-electron chi connectivity index (χ1n) is 11.6. The van der Waals surface area contributed by atoms with Crippen LogP contribution in [0.4, 0.5) is 10.2 Å². The van der Waals surface area contributed by atoms with Crippen molar-refractivity contribution in [2.75, 3.05) is 37.3 Å². The van der Waals surface area contributed by atoms with Gasteiger partial charge in [0.05, 0.1) is 23.0 Å². The lowest BCUT2D eigenvalue weighted by molar-refractivity contribution is 0.437. The first kappa shape index (κ1) is 23.4. The number of hydrogen-bond donors (Lipinski definition) is 0. The van der Waals surface area contributed by atoms with E-state index in [9.17, 15) is 12.8 Å². The minimum atomic E-state index is -3.26. The van der Waals surface area contributed by atoms with E-state index in [1.807, 2.05) is 37.3 Å². The normalized spacial score (nSPS) is 15.5. The van der Waals surface area contributed by atoms with Crippen LogP contribution in [-0.4, -0.2) is 64.9 Å². The zero-order valence-corrected chi connectivity index (χ0v) is 20.5. The van der Waals surface area contributed by atoms with Crippen LogP contribution >= 0.6 is 0 Å². The third-order valence-electron chi connectivity index (χ3n) is 6.23. The van der Waals surface area contributed by atoms with Crippen molar-refractivity contribution in [1.82, 2.24) is 24.1 Å². The molecule has 0 radical (unpaired) electrons. The van der Waals surface area contributed by atoms with E-state index in [0.717, 1.165) is 22.5 Å². The summed E-state index contributed by atoms with van der Waals surface area (Å²) in [6.45, 7) is 3.97. The molecular weight excluding hydrogens is 467 g/mol. The van der Waals surface area contributed by atoms with Crippen molar-refractivity contribution in [1.29, 1.82) is 0 Å². The Morgan fingerprint density at radius 1 is 0.943 bits per heavy atom. The van der Waals surface area contributed by atoms with Crippen LogP contribution in [0.15, 0.2) is 54.6 Å². The molecular formula is C25H27FN6O2S. The van der Waals surface area contributed by atoms with Gasteiger partial charge in [-0.05, 0) is 43.2 Å². The van der Waals surface area contributed by atoms with Crippen LogP contribution < -0.4 is 4.90 Å². The molecule has 0 amide bonds. The molecule has 0 unspecified atom stereocenters. The summed E-state index contributed by atoms with van der Waals surface area (Å²) >= 11 is 0. The quantitative estimate of drug-likeness (QED) is 0.423. The van der Waals surface area contributed by atoms with Crippen LogP contribution in [0.2, 0.25) is 0 Å². The van der Waals surface area contributed by atoms with Crippen molar-refractivity contribution >= 4 is 26.9 Å². The molecule has 2 aromatic heterocycles. The molecule has 5 rings (SSSR count). The average Bonchev–Trinajstić information content (AvgIpc) is 2.99. The number of anilines is 1. The van der Waals surface area contributed by atoms with Gasteiger partial charge in [-0.3, -0.25) is 0 Å². The highest BCUT2D eigenvalue weighted by Crippen LogP contribution is 2.30. The molecule has 1 fully saturated rings. The highest BCUT2D eigenvalue weighted by atomic mass is 32.2. The Balaban J connectivity index is 1.63. The Morgan fingerprint density at radius 3 is 2.40 bits per heavy atom. The summed E-state index contributed by atoms with van der Waals surface area (Å²) in [7, 11) is -3.26. The predicted octanol–water partition coefficient (Wildman–Crippen LogP) is 3.33. The van der Waals surface area contributed by atoms with Gasteiger partial charge in [0.25, 0.3) is 0 Å². The van der Waals surface area contributed by atoms with E-state index < -0.39 is 10.0 Å². The van der Waals surface area contributed by atoms with Crippen molar-refractivity contribution in [2.45, 2.75) is 19.8 Å².